The largest absolute Gasteiger partial charge is 0.393 e. The van der Waals surface area contributed by atoms with Gasteiger partial charge in [0.05, 0.1) is 11.7 Å². The molecule has 126 valence electrons. The maximum absolute atomic E-state index is 10.9. The smallest absolute Gasteiger partial charge is 0.0675 e. The number of aliphatic hydroxyl groups is 2. The van der Waals surface area contributed by atoms with E-state index in [9.17, 15) is 10.2 Å². The second-order valence-corrected chi connectivity index (χ2v) is 10.4. The molecule has 0 aromatic heterocycles. The molecule has 4 saturated carbocycles. The van der Waals surface area contributed by atoms with Crippen LogP contribution in [0.2, 0.25) is 0 Å². The Morgan fingerprint density at radius 2 is 1.64 bits per heavy atom. The molecule has 0 saturated heterocycles. The lowest BCUT2D eigenvalue weighted by molar-refractivity contribution is -0.193. The minimum Gasteiger partial charge on any atom is -0.393 e. The third kappa shape index (κ3) is 1.69. The zero-order valence-corrected chi connectivity index (χ0v) is 14.9. The van der Waals surface area contributed by atoms with Crippen molar-refractivity contribution in [3.05, 3.63) is 0 Å². The van der Waals surface area contributed by atoms with Crippen LogP contribution >= 0.6 is 0 Å². The zero-order valence-electron chi connectivity index (χ0n) is 14.9. The third-order valence-electron chi connectivity index (χ3n) is 9.03. The standard InChI is InChI=1S/C20H34O2/c1-17(2)8-5-9-18(3)16(17)7-6-13-10-19(4,22)14-11-20(13,18)12-15(14)21/h13-16,21-22H,5-12H2,1-4H3/t13-,14-,15-,16+,18+,19+,20-/m0/s1. The minimum atomic E-state index is -0.655. The Bertz CT molecular complexity index is 482. The molecule has 2 N–H and O–H groups in total. The van der Waals surface area contributed by atoms with Crippen molar-refractivity contribution in [2.75, 3.05) is 0 Å². The van der Waals surface area contributed by atoms with E-state index in [1.807, 2.05) is 6.92 Å². The van der Waals surface area contributed by atoms with Crippen molar-refractivity contribution in [2.24, 2.45) is 34.0 Å². The topological polar surface area (TPSA) is 40.5 Å². The van der Waals surface area contributed by atoms with Crippen LogP contribution in [0.25, 0.3) is 0 Å². The molecular weight excluding hydrogens is 272 g/mol. The van der Waals surface area contributed by atoms with Gasteiger partial charge in [0, 0.05) is 5.92 Å². The predicted octanol–water partition coefficient (Wildman–Crippen LogP) is 4.14. The van der Waals surface area contributed by atoms with Crippen LogP contribution in [0.5, 0.6) is 0 Å². The van der Waals surface area contributed by atoms with Gasteiger partial charge in [0.1, 0.15) is 0 Å². The first kappa shape index (κ1) is 15.4. The van der Waals surface area contributed by atoms with Crippen molar-refractivity contribution in [2.45, 2.75) is 90.8 Å². The van der Waals surface area contributed by atoms with E-state index in [4.69, 9.17) is 0 Å². The molecule has 2 heteroatoms. The molecule has 0 aliphatic heterocycles. The van der Waals surface area contributed by atoms with Crippen LogP contribution in [-0.4, -0.2) is 21.9 Å². The lowest BCUT2D eigenvalue weighted by Crippen LogP contribution is -2.60. The van der Waals surface area contributed by atoms with Gasteiger partial charge in [-0.1, -0.05) is 27.2 Å². The van der Waals surface area contributed by atoms with Gasteiger partial charge in [-0.25, -0.2) is 0 Å². The fourth-order valence-electron chi connectivity index (χ4n) is 8.05. The number of aliphatic hydroxyl groups excluding tert-OH is 1. The highest BCUT2D eigenvalue weighted by Gasteiger charge is 2.70. The lowest BCUT2D eigenvalue weighted by atomic mass is 9.38. The van der Waals surface area contributed by atoms with Crippen LogP contribution < -0.4 is 0 Å². The summed E-state index contributed by atoms with van der Waals surface area (Å²) >= 11 is 0. The van der Waals surface area contributed by atoms with E-state index in [2.05, 4.69) is 20.8 Å². The van der Waals surface area contributed by atoms with Crippen molar-refractivity contribution >= 4 is 0 Å². The van der Waals surface area contributed by atoms with Crippen molar-refractivity contribution in [1.82, 2.24) is 0 Å². The first-order chi connectivity index (χ1) is 10.1. The molecule has 0 aromatic rings. The van der Waals surface area contributed by atoms with E-state index in [0.717, 1.165) is 25.2 Å². The average molecular weight is 306 g/mol. The Balaban J connectivity index is 1.80. The summed E-state index contributed by atoms with van der Waals surface area (Å²) in [5.41, 5.74) is 0.441. The molecule has 2 nitrogen and oxygen atoms in total. The van der Waals surface area contributed by atoms with Crippen LogP contribution in [0.4, 0.5) is 0 Å². The second-order valence-electron chi connectivity index (χ2n) is 10.4. The first-order valence-electron chi connectivity index (χ1n) is 9.53. The van der Waals surface area contributed by atoms with Crippen LogP contribution in [0.15, 0.2) is 0 Å². The molecule has 22 heavy (non-hydrogen) atoms. The Labute approximate surface area is 135 Å². The highest BCUT2D eigenvalue weighted by atomic mass is 16.3. The summed E-state index contributed by atoms with van der Waals surface area (Å²) in [6.07, 6.45) is 9.25. The average Bonchev–Trinajstić information content (AvgIpc) is 2.70. The van der Waals surface area contributed by atoms with Crippen molar-refractivity contribution in [3.8, 4) is 0 Å². The molecule has 0 radical (unpaired) electrons. The van der Waals surface area contributed by atoms with Gasteiger partial charge in [-0.3, -0.25) is 0 Å². The summed E-state index contributed by atoms with van der Waals surface area (Å²) in [7, 11) is 0. The van der Waals surface area contributed by atoms with Gasteiger partial charge in [-0.15, -0.1) is 0 Å². The first-order valence-corrected chi connectivity index (χ1v) is 9.53. The lowest BCUT2D eigenvalue weighted by Gasteiger charge is -2.66. The zero-order chi connectivity index (χ0) is 16.0. The van der Waals surface area contributed by atoms with Crippen molar-refractivity contribution < 1.29 is 10.2 Å². The molecule has 4 aliphatic carbocycles. The molecule has 0 heterocycles. The van der Waals surface area contributed by atoms with Gasteiger partial charge in [-0.05, 0) is 80.0 Å². The molecule has 0 unspecified atom stereocenters. The Morgan fingerprint density at radius 1 is 0.909 bits per heavy atom. The maximum Gasteiger partial charge on any atom is 0.0675 e. The number of rotatable bonds is 0. The van der Waals surface area contributed by atoms with Gasteiger partial charge in [0.25, 0.3) is 0 Å². The molecule has 4 aliphatic rings. The molecule has 4 rings (SSSR count). The molecule has 1 spiro atoms. The van der Waals surface area contributed by atoms with Crippen LogP contribution in [0, 0.1) is 34.0 Å². The van der Waals surface area contributed by atoms with Crippen molar-refractivity contribution in [1.29, 1.82) is 0 Å². The summed E-state index contributed by atoms with van der Waals surface area (Å²) in [6, 6.07) is 0. The summed E-state index contributed by atoms with van der Waals surface area (Å²) in [6.45, 7) is 9.50. The van der Waals surface area contributed by atoms with E-state index in [1.54, 1.807) is 0 Å². The van der Waals surface area contributed by atoms with Crippen LogP contribution in [-0.2, 0) is 0 Å². The normalized spacial score (nSPS) is 59.7. The maximum atomic E-state index is 10.9. The van der Waals surface area contributed by atoms with E-state index < -0.39 is 5.60 Å². The number of hydrogen-bond acceptors (Lipinski definition) is 2. The molecule has 4 fully saturated rings. The second kappa shape index (κ2) is 4.30. The Kier molecular flexibility index (Phi) is 3.02. The summed E-state index contributed by atoms with van der Waals surface area (Å²) < 4.78 is 0. The third-order valence-corrected chi connectivity index (χ3v) is 9.03. The molecular formula is C20H34O2. The summed E-state index contributed by atoms with van der Waals surface area (Å²) in [4.78, 5) is 0. The molecule has 7 atom stereocenters. The highest BCUT2D eigenvalue weighted by molar-refractivity contribution is 5.19. The summed E-state index contributed by atoms with van der Waals surface area (Å²) in [5, 5.41) is 21.6. The minimum absolute atomic E-state index is 0.101. The predicted molar refractivity (Wildman–Crippen MR) is 88.4 cm³/mol. The molecule has 2 bridgehead atoms. The van der Waals surface area contributed by atoms with E-state index in [0.29, 0.717) is 22.2 Å². The van der Waals surface area contributed by atoms with Gasteiger partial charge in [0.15, 0.2) is 0 Å². The van der Waals surface area contributed by atoms with Crippen molar-refractivity contribution in [3.63, 3.8) is 0 Å². The number of fused-ring (bicyclic) bond motifs is 2. The van der Waals surface area contributed by atoms with Gasteiger partial charge in [0.2, 0.25) is 0 Å². The summed E-state index contributed by atoms with van der Waals surface area (Å²) in [5.74, 6) is 1.51. The fourth-order valence-corrected chi connectivity index (χ4v) is 8.05. The fraction of sp³-hybridized carbons (Fsp3) is 1.00. The highest BCUT2D eigenvalue weighted by Crippen LogP contribution is 2.74. The molecule has 0 amide bonds. The van der Waals surface area contributed by atoms with E-state index in [-0.39, 0.29) is 12.0 Å². The SMILES string of the molecule is CC1(C)CCC[C@]2(C)[C@@H]1CC[C@H]1C[C@@](C)(O)[C@H]3C[C@]12C[C@@H]3O. The van der Waals surface area contributed by atoms with Crippen LogP contribution in [0.1, 0.15) is 79.1 Å². The van der Waals surface area contributed by atoms with E-state index in [1.165, 1.54) is 32.1 Å². The van der Waals surface area contributed by atoms with E-state index >= 15 is 0 Å². The van der Waals surface area contributed by atoms with Gasteiger partial charge < -0.3 is 10.2 Å². The quantitative estimate of drug-likeness (QED) is 0.706. The van der Waals surface area contributed by atoms with Crippen LogP contribution in [0.3, 0.4) is 0 Å². The Hall–Kier alpha value is -0.0800. The monoisotopic (exact) mass is 306 g/mol. The van der Waals surface area contributed by atoms with Gasteiger partial charge >= 0.3 is 0 Å². The number of hydrogen-bond donors (Lipinski definition) is 2. The Morgan fingerprint density at radius 3 is 2.36 bits per heavy atom. The van der Waals surface area contributed by atoms with Gasteiger partial charge in [-0.2, -0.15) is 0 Å². The molecule has 0 aromatic carbocycles.